The van der Waals surface area contributed by atoms with E-state index >= 15 is 0 Å². The Balaban J connectivity index is 1.33. The van der Waals surface area contributed by atoms with E-state index in [1.54, 1.807) is 15.4 Å². The number of hydrogen-bond donors (Lipinski definition) is 0. The van der Waals surface area contributed by atoms with Crippen molar-refractivity contribution < 1.29 is 13.6 Å². The van der Waals surface area contributed by atoms with E-state index in [2.05, 4.69) is 47.9 Å². The molecule has 4 heterocycles. The van der Waals surface area contributed by atoms with Gasteiger partial charge in [0.15, 0.2) is 11.4 Å². The first-order chi connectivity index (χ1) is 18.2. The van der Waals surface area contributed by atoms with Gasteiger partial charge in [-0.25, -0.2) is 18.3 Å². The van der Waals surface area contributed by atoms with E-state index in [1.165, 1.54) is 6.20 Å². The maximum Gasteiger partial charge on any atom is 0.282 e. The number of rotatable bonds is 8. The number of Topliss-reactive ketones (excluding diaryl/α,β-unsaturated/α-hetero) is 1. The Hall–Kier alpha value is -2.88. The summed E-state index contributed by atoms with van der Waals surface area (Å²) >= 11 is 0. The Morgan fingerprint density at radius 2 is 1.82 bits per heavy atom. The molecule has 0 radical (unpaired) electrons. The van der Waals surface area contributed by atoms with Gasteiger partial charge in [-0.15, -0.1) is 0 Å². The fraction of sp³-hybridized carbons (Fsp3) is 0.643. The van der Waals surface area contributed by atoms with Gasteiger partial charge < -0.3 is 9.80 Å². The van der Waals surface area contributed by atoms with E-state index in [0.29, 0.717) is 29.1 Å². The van der Waals surface area contributed by atoms with Gasteiger partial charge in [-0.1, -0.05) is 13.8 Å². The number of carbonyl (C=O) groups excluding carboxylic acids is 1. The quantitative estimate of drug-likeness (QED) is 0.375. The SMILES string of the molecule is CC(C)C1CCC(n2cc(CC(=O)c3cnn4ccc(N5CCC(N(C)C)CC5)nc34)c(C(F)F)n2)CC1. The van der Waals surface area contributed by atoms with Crippen LogP contribution in [0, 0.1) is 11.8 Å². The number of fused-ring (bicyclic) bond motifs is 1. The van der Waals surface area contributed by atoms with Crippen molar-refractivity contribution in [1.82, 2.24) is 29.3 Å². The first kappa shape index (κ1) is 26.7. The number of aromatic nitrogens is 5. The van der Waals surface area contributed by atoms with Gasteiger partial charge in [0.05, 0.1) is 17.8 Å². The second-order valence-electron chi connectivity index (χ2n) is 11.5. The number of piperidine rings is 1. The Kier molecular flexibility index (Phi) is 7.79. The van der Waals surface area contributed by atoms with Crippen LogP contribution < -0.4 is 4.90 Å². The molecule has 8 nitrogen and oxygen atoms in total. The predicted octanol–water partition coefficient (Wildman–Crippen LogP) is 5.21. The van der Waals surface area contributed by atoms with E-state index in [1.807, 2.05) is 12.3 Å². The Morgan fingerprint density at radius 3 is 2.45 bits per heavy atom. The molecule has 1 saturated heterocycles. The molecule has 10 heteroatoms. The van der Waals surface area contributed by atoms with E-state index in [0.717, 1.165) is 57.4 Å². The van der Waals surface area contributed by atoms with Crippen LogP contribution in [-0.4, -0.2) is 68.3 Å². The molecule has 0 bridgehead atoms. The molecule has 3 aromatic rings. The fourth-order valence-electron chi connectivity index (χ4n) is 6.09. The molecule has 5 rings (SSSR count). The summed E-state index contributed by atoms with van der Waals surface area (Å²) in [6.45, 7) is 6.25. The summed E-state index contributed by atoms with van der Waals surface area (Å²) in [5, 5.41) is 8.56. The summed E-state index contributed by atoms with van der Waals surface area (Å²) in [4.78, 5) is 22.6. The van der Waals surface area contributed by atoms with Crippen molar-refractivity contribution in [2.75, 3.05) is 32.1 Å². The number of alkyl halides is 2. The molecule has 0 atom stereocenters. The Bertz CT molecular complexity index is 1250. The van der Waals surface area contributed by atoms with Crippen molar-refractivity contribution in [1.29, 1.82) is 0 Å². The van der Waals surface area contributed by atoms with Gasteiger partial charge in [-0.2, -0.15) is 10.2 Å². The summed E-state index contributed by atoms with van der Waals surface area (Å²) in [6.07, 6.45) is 8.17. The number of hydrogen-bond acceptors (Lipinski definition) is 6. The lowest BCUT2D eigenvalue weighted by atomic mass is 9.80. The average molecular weight is 528 g/mol. The van der Waals surface area contributed by atoms with Gasteiger partial charge in [0.2, 0.25) is 0 Å². The third kappa shape index (κ3) is 5.46. The van der Waals surface area contributed by atoms with Crippen LogP contribution in [0.5, 0.6) is 0 Å². The minimum atomic E-state index is -2.73. The van der Waals surface area contributed by atoms with E-state index < -0.39 is 6.43 Å². The topological polar surface area (TPSA) is 71.6 Å². The van der Waals surface area contributed by atoms with Crippen LogP contribution in [0.15, 0.2) is 24.7 Å². The standard InChI is InChI=1S/C28H39F2N7O/c1-18(2)19-5-7-22(8-6-19)37-17-20(26(33-37)27(29)30)15-24(38)23-16-31-36-14-11-25(32-28(23)36)35-12-9-21(10-13-35)34(3)4/h11,14,16-19,21-22,27H,5-10,12-13,15H2,1-4H3. The molecule has 1 aliphatic heterocycles. The van der Waals surface area contributed by atoms with Gasteiger partial charge in [-0.05, 0) is 70.5 Å². The van der Waals surface area contributed by atoms with Gasteiger partial charge in [0.1, 0.15) is 11.5 Å². The lowest BCUT2D eigenvalue weighted by Gasteiger charge is -2.35. The smallest absolute Gasteiger partial charge is 0.282 e. The molecular formula is C28H39F2N7O. The molecule has 0 aromatic carbocycles. The summed E-state index contributed by atoms with van der Waals surface area (Å²) in [5.41, 5.74) is 0.802. The van der Waals surface area contributed by atoms with Crippen LogP contribution in [0.1, 0.15) is 86.5 Å². The zero-order chi connectivity index (χ0) is 27.0. The Morgan fingerprint density at radius 1 is 1.11 bits per heavy atom. The van der Waals surface area contributed by atoms with Gasteiger partial charge >= 0.3 is 0 Å². The molecule has 2 fully saturated rings. The molecule has 0 spiro atoms. The number of ketones is 1. The number of nitrogens with zero attached hydrogens (tertiary/aromatic N) is 7. The van der Waals surface area contributed by atoms with Crippen molar-refractivity contribution in [3.05, 3.63) is 41.5 Å². The molecule has 0 N–H and O–H groups in total. The van der Waals surface area contributed by atoms with Gasteiger partial charge in [0, 0.05) is 43.5 Å². The highest BCUT2D eigenvalue weighted by molar-refractivity contribution is 6.02. The molecule has 0 unspecified atom stereocenters. The molecule has 38 heavy (non-hydrogen) atoms. The third-order valence-electron chi connectivity index (χ3n) is 8.63. The molecule has 2 aliphatic rings. The predicted molar refractivity (Wildman–Crippen MR) is 143 cm³/mol. The fourth-order valence-corrected chi connectivity index (χ4v) is 6.09. The van der Waals surface area contributed by atoms with Gasteiger partial charge in [-0.3, -0.25) is 9.48 Å². The summed E-state index contributed by atoms with van der Waals surface area (Å²) < 4.78 is 31.1. The molecule has 3 aromatic heterocycles. The molecular weight excluding hydrogens is 488 g/mol. The second kappa shape index (κ2) is 11.1. The molecule has 1 aliphatic carbocycles. The average Bonchev–Trinajstić information content (AvgIpc) is 3.53. The first-order valence-corrected chi connectivity index (χ1v) is 13.9. The number of halogens is 2. The lowest BCUT2D eigenvalue weighted by molar-refractivity contribution is 0.0992. The molecule has 1 saturated carbocycles. The minimum Gasteiger partial charge on any atom is -0.356 e. The minimum absolute atomic E-state index is 0.101. The van der Waals surface area contributed by atoms with E-state index in [-0.39, 0.29) is 29.5 Å². The maximum absolute atomic E-state index is 13.9. The third-order valence-corrected chi connectivity index (χ3v) is 8.63. The second-order valence-corrected chi connectivity index (χ2v) is 11.5. The normalized spacial score (nSPS) is 21.3. The maximum atomic E-state index is 13.9. The van der Waals surface area contributed by atoms with Crippen LogP contribution in [0.2, 0.25) is 0 Å². The van der Waals surface area contributed by atoms with Crippen molar-refractivity contribution in [3.8, 4) is 0 Å². The van der Waals surface area contributed by atoms with Crippen molar-refractivity contribution in [2.24, 2.45) is 11.8 Å². The van der Waals surface area contributed by atoms with Crippen LogP contribution in [-0.2, 0) is 6.42 Å². The van der Waals surface area contributed by atoms with Crippen molar-refractivity contribution in [2.45, 2.75) is 77.3 Å². The molecule has 0 amide bonds. The van der Waals surface area contributed by atoms with Crippen molar-refractivity contribution in [3.63, 3.8) is 0 Å². The lowest BCUT2D eigenvalue weighted by Crippen LogP contribution is -2.42. The van der Waals surface area contributed by atoms with Crippen LogP contribution in [0.3, 0.4) is 0 Å². The monoisotopic (exact) mass is 527 g/mol. The summed E-state index contributed by atoms with van der Waals surface area (Å²) in [5.74, 6) is 1.83. The van der Waals surface area contributed by atoms with E-state index in [9.17, 15) is 13.6 Å². The largest absolute Gasteiger partial charge is 0.356 e. The van der Waals surface area contributed by atoms with Crippen LogP contribution >= 0.6 is 0 Å². The molecule has 206 valence electrons. The highest BCUT2D eigenvalue weighted by atomic mass is 19.3. The number of carbonyl (C=O) groups is 1. The first-order valence-electron chi connectivity index (χ1n) is 13.9. The highest BCUT2D eigenvalue weighted by Crippen LogP contribution is 2.36. The van der Waals surface area contributed by atoms with E-state index in [4.69, 9.17) is 4.98 Å². The Labute approximate surface area is 223 Å². The van der Waals surface area contributed by atoms with Crippen LogP contribution in [0.25, 0.3) is 5.65 Å². The summed E-state index contributed by atoms with van der Waals surface area (Å²) in [6, 6.07) is 2.57. The van der Waals surface area contributed by atoms with Crippen LogP contribution in [0.4, 0.5) is 14.6 Å². The zero-order valence-electron chi connectivity index (χ0n) is 22.9. The highest BCUT2D eigenvalue weighted by Gasteiger charge is 2.29. The summed E-state index contributed by atoms with van der Waals surface area (Å²) in [7, 11) is 4.21. The number of anilines is 1. The van der Waals surface area contributed by atoms with Gasteiger partial charge in [0.25, 0.3) is 6.43 Å². The zero-order valence-corrected chi connectivity index (χ0v) is 22.9. The van der Waals surface area contributed by atoms with Crippen molar-refractivity contribution >= 4 is 17.2 Å².